The molecule has 0 amide bonds. The van der Waals surface area contributed by atoms with Crippen LogP contribution in [-0.2, 0) is 0 Å². The fourth-order valence-electron chi connectivity index (χ4n) is 2.92. The predicted molar refractivity (Wildman–Crippen MR) is 92.7 cm³/mol. The number of ether oxygens (including phenoxy) is 1. The number of nitrogens with zero attached hydrogens (tertiary/aromatic N) is 1. The Hall–Kier alpha value is -1.51. The van der Waals surface area contributed by atoms with E-state index < -0.39 is 0 Å². The maximum Gasteiger partial charge on any atom is 0.119 e. The van der Waals surface area contributed by atoms with Crippen molar-refractivity contribution < 1.29 is 4.74 Å². The number of hydrogen-bond donors (Lipinski definition) is 0. The van der Waals surface area contributed by atoms with Crippen LogP contribution in [0.4, 0.5) is 0 Å². The molecular formula is C19H22ClNO. The van der Waals surface area contributed by atoms with Crippen LogP contribution in [0.15, 0.2) is 48.5 Å². The summed E-state index contributed by atoms with van der Waals surface area (Å²) in [6.07, 6.45) is 3.78. The Kier molecular flexibility index (Phi) is 5.36. The highest BCUT2D eigenvalue weighted by atomic mass is 35.5. The normalized spacial score (nSPS) is 15.1. The highest BCUT2D eigenvalue weighted by Gasteiger charge is 2.10. The second kappa shape index (κ2) is 7.66. The molecule has 2 aromatic carbocycles. The molecule has 0 atom stereocenters. The van der Waals surface area contributed by atoms with Gasteiger partial charge in [0.05, 0.1) is 6.61 Å². The second-order valence-corrected chi connectivity index (χ2v) is 6.23. The van der Waals surface area contributed by atoms with Crippen molar-refractivity contribution in [1.82, 2.24) is 4.90 Å². The summed E-state index contributed by atoms with van der Waals surface area (Å²) < 4.78 is 5.90. The monoisotopic (exact) mass is 315 g/mol. The van der Waals surface area contributed by atoms with Gasteiger partial charge >= 0.3 is 0 Å². The van der Waals surface area contributed by atoms with Gasteiger partial charge in [0.25, 0.3) is 0 Å². The number of benzene rings is 2. The average Bonchev–Trinajstić information content (AvgIpc) is 3.05. The van der Waals surface area contributed by atoms with Crippen LogP contribution in [0, 0.1) is 0 Å². The predicted octanol–water partition coefficient (Wildman–Crippen LogP) is 4.87. The highest BCUT2D eigenvalue weighted by molar-refractivity contribution is 6.30. The van der Waals surface area contributed by atoms with Crippen LogP contribution < -0.4 is 4.74 Å². The zero-order valence-electron chi connectivity index (χ0n) is 12.8. The molecule has 2 aromatic rings. The molecule has 1 fully saturated rings. The lowest BCUT2D eigenvalue weighted by molar-refractivity contribution is 0.263. The standard InChI is InChI=1S/C19H22ClNO/c20-18-8-3-6-16(14-18)17-7-4-9-19(15-17)22-13-5-12-21-10-1-2-11-21/h3-4,6-9,14-15H,1-2,5,10-13H2. The second-order valence-electron chi connectivity index (χ2n) is 5.79. The Morgan fingerprint density at radius 1 is 0.955 bits per heavy atom. The maximum atomic E-state index is 6.06. The van der Waals surface area contributed by atoms with Crippen LogP contribution >= 0.6 is 11.6 Å². The number of rotatable bonds is 6. The van der Waals surface area contributed by atoms with E-state index in [0.29, 0.717) is 0 Å². The molecule has 1 aliphatic heterocycles. The van der Waals surface area contributed by atoms with E-state index in [1.54, 1.807) is 0 Å². The third kappa shape index (κ3) is 4.25. The Morgan fingerprint density at radius 3 is 2.45 bits per heavy atom. The SMILES string of the molecule is Clc1cccc(-c2cccc(OCCCN3CCCC3)c2)c1. The molecule has 1 heterocycles. The maximum absolute atomic E-state index is 6.06. The van der Waals surface area contributed by atoms with Crippen molar-refractivity contribution in [1.29, 1.82) is 0 Å². The van der Waals surface area contributed by atoms with E-state index in [4.69, 9.17) is 16.3 Å². The molecular weight excluding hydrogens is 294 g/mol. The minimum absolute atomic E-state index is 0.759. The van der Waals surface area contributed by atoms with Crippen LogP contribution in [0.2, 0.25) is 5.02 Å². The van der Waals surface area contributed by atoms with Crippen LogP contribution in [0.1, 0.15) is 19.3 Å². The van der Waals surface area contributed by atoms with Gasteiger partial charge in [-0.2, -0.15) is 0 Å². The molecule has 0 unspecified atom stereocenters. The van der Waals surface area contributed by atoms with Gasteiger partial charge in [0, 0.05) is 11.6 Å². The molecule has 1 aliphatic rings. The van der Waals surface area contributed by atoms with Gasteiger partial charge in [0.15, 0.2) is 0 Å². The van der Waals surface area contributed by atoms with Crippen molar-refractivity contribution in [2.45, 2.75) is 19.3 Å². The summed E-state index contributed by atoms with van der Waals surface area (Å²) in [7, 11) is 0. The van der Waals surface area contributed by atoms with Gasteiger partial charge in [-0.25, -0.2) is 0 Å². The van der Waals surface area contributed by atoms with Crippen LogP contribution in [-0.4, -0.2) is 31.1 Å². The van der Waals surface area contributed by atoms with Crippen molar-refractivity contribution in [3.8, 4) is 16.9 Å². The van der Waals surface area contributed by atoms with E-state index in [2.05, 4.69) is 23.1 Å². The molecule has 0 saturated carbocycles. The minimum atomic E-state index is 0.759. The summed E-state index contributed by atoms with van der Waals surface area (Å²) in [5.74, 6) is 0.930. The topological polar surface area (TPSA) is 12.5 Å². The van der Waals surface area contributed by atoms with E-state index in [1.165, 1.54) is 25.9 Å². The van der Waals surface area contributed by atoms with Gasteiger partial charge in [-0.3, -0.25) is 0 Å². The van der Waals surface area contributed by atoms with Gasteiger partial charge in [-0.1, -0.05) is 35.9 Å². The highest BCUT2D eigenvalue weighted by Crippen LogP contribution is 2.26. The molecule has 0 radical (unpaired) electrons. The lowest BCUT2D eigenvalue weighted by Crippen LogP contribution is -2.21. The first kappa shape index (κ1) is 15.4. The third-order valence-electron chi connectivity index (χ3n) is 4.08. The molecule has 0 aromatic heterocycles. The van der Waals surface area contributed by atoms with Gasteiger partial charge in [-0.05, 0) is 67.7 Å². The lowest BCUT2D eigenvalue weighted by Gasteiger charge is -2.14. The summed E-state index contributed by atoms with van der Waals surface area (Å²) in [6.45, 7) is 4.43. The zero-order valence-corrected chi connectivity index (χ0v) is 13.6. The van der Waals surface area contributed by atoms with Crippen LogP contribution in [0.5, 0.6) is 5.75 Å². The first-order valence-electron chi connectivity index (χ1n) is 8.02. The minimum Gasteiger partial charge on any atom is -0.494 e. The zero-order chi connectivity index (χ0) is 15.2. The molecule has 116 valence electrons. The molecule has 3 heteroatoms. The lowest BCUT2D eigenvalue weighted by atomic mass is 10.1. The van der Waals surface area contributed by atoms with Crippen molar-refractivity contribution in [2.75, 3.05) is 26.2 Å². The smallest absolute Gasteiger partial charge is 0.119 e. The first-order chi connectivity index (χ1) is 10.8. The van der Waals surface area contributed by atoms with Gasteiger partial charge in [0.2, 0.25) is 0 Å². The average molecular weight is 316 g/mol. The van der Waals surface area contributed by atoms with Crippen molar-refractivity contribution in [3.05, 3.63) is 53.6 Å². The molecule has 0 N–H and O–H groups in total. The third-order valence-corrected chi connectivity index (χ3v) is 4.31. The first-order valence-corrected chi connectivity index (χ1v) is 8.40. The number of halogens is 1. The Morgan fingerprint density at radius 2 is 1.68 bits per heavy atom. The Bertz CT molecular complexity index is 608. The molecule has 0 aliphatic carbocycles. The number of likely N-dealkylation sites (tertiary alicyclic amines) is 1. The quantitative estimate of drug-likeness (QED) is 0.705. The van der Waals surface area contributed by atoms with E-state index in [0.717, 1.165) is 41.5 Å². The molecule has 3 rings (SSSR count). The van der Waals surface area contributed by atoms with Crippen molar-refractivity contribution >= 4 is 11.6 Å². The van der Waals surface area contributed by atoms with Gasteiger partial charge in [-0.15, -0.1) is 0 Å². The summed E-state index contributed by atoms with van der Waals surface area (Å²) in [5.41, 5.74) is 2.26. The summed E-state index contributed by atoms with van der Waals surface area (Å²) >= 11 is 6.06. The van der Waals surface area contributed by atoms with Gasteiger partial charge in [0.1, 0.15) is 5.75 Å². The number of hydrogen-bond acceptors (Lipinski definition) is 2. The van der Waals surface area contributed by atoms with E-state index in [-0.39, 0.29) is 0 Å². The Labute approximate surface area is 137 Å². The molecule has 2 nitrogen and oxygen atoms in total. The molecule has 22 heavy (non-hydrogen) atoms. The fraction of sp³-hybridized carbons (Fsp3) is 0.368. The Balaban J connectivity index is 1.54. The fourth-order valence-corrected chi connectivity index (χ4v) is 3.11. The van der Waals surface area contributed by atoms with E-state index in [1.807, 2.05) is 30.3 Å². The summed E-state index contributed by atoms with van der Waals surface area (Å²) in [6, 6.07) is 16.1. The largest absolute Gasteiger partial charge is 0.494 e. The summed E-state index contributed by atoms with van der Waals surface area (Å²) in [4.78, 5) is 2.52. The molecule has 0 spiro atoms. The van der Waals surface area contributed by atoms with Crippen molar-refractivity contribution in [2.24, 2.45) is 0 Å². The van der Waals surface area contributed by atoms with E-state index in [9.17, 15) is 0 Å². The van der Waals surface area contributed by atoms with Crippen molar-refractivity contribution in [3.63, 3.8) is 0 Å². The molecule has 0 bridgehead atoms. The van der Waals surface area contributed by atoms with Crippen LogP contribution in [0.25, 0.3) is 11.1 Å². The van der Waals surface area contributed by atoms with Crippen LogP contribution in [0.3, 0.4) is 0 Å². The summed E-state index contributed by atoms with van der Waals surface area (Å²) in [5, 5.41) is 0.759. The van der Waals surface area contributed by atoms with E-state index >= 15 is 0 Å². The molecule has 1 saturated heterocycles. The van der Waals surface area contributed by atoms with Gasteiger partial charge < -0.3 is 9.64 Å².